The van der Waals surface area contributed by atoms with Crippen molar-refractivity contribution < 1.29 is 4.74 Å². The lowest BCUT2D eigenvalue weighted by atomic mass is 10.3. The van der Waals surface area contributed by atoms with Gasteiger partial charge in [0, 0.05) is 26.7 Å². The number of hydrogen-bond donors (Lipinski definition) is 1. The van der Waals surface area contributed by atoms with E-state index >= 15 is 0 Å². The molecule has 1 unspecified atom stereocenters. The Labute approximate surface area is 123 Å². The van der Waals surface area contributed by atoms with Crippen molar-refractivity contribution in [1.29, 1.82) is 0 Å². The van der Waals surface area contributed by atoms with E-state index in [0.29, 0.717) is 0 Å². The lowest BCUT2D eigenvalue weighted by Crippen LogP contribution is -2.30. The molecule has 0 spiro atoms. The van der Waals surface area contributed by atoms with Crippen molar-refractivity contribution in [2.75, 3.05) is 32.1 Å². The number of ether oxygens (including phenoxy) is 1. The Morgan fingerprint density at radius 1 is 1.50 bits per heavy atom. The highest BCUT2D eigenvalue weighted by molar-refractivity contribution is 7.16. The molecule has 20 heavy (non-hydrogen) atoms. The Morgan fingerprint density at radius 2 is 2.40 bits per heavy atom. The molecule has 0 amide bonds. The highest BCUT2D eigenvalue weighted by Gasteiger charge is 2.17. The fourth-order valence-corrected chi connectivity index (χ4v) is 3.37. The molecule has 1 aliphatic rings. The van der Waals surface area contributed by atoms with E-state index < -0.39 is 0 Å². The lowest BCUT2D eigenvalue weighted by Gasteiger charge is -2.21. The lowest BCUT2D eigenvalue weighted by molar-refractivity contribution is 0.0665. The zero-order valence-corrected chi connectivity index (χ0v) is 12.7. The molecule has 1 N–H and O–H groups in total. The van der Waals surface area contributed by atoms with Crippen molar-refractivity contribution in [3.8, 4) is 0 Å². The molecule has 5 nitrogen and oxygen atoms in total. The average molecular weight is 292 g/mol. The Balaban J connectivity index is 1.82. The quantitative estimate of drug-likeness (QED) is 0.941. The van der Waals surface area contributed by atoms with Gasteiger partial charge in [-0.25, -0.2) is 9.97 Å². The van der Waals surface area contributed by atoms with Crippen LogP contribution in [0.4, 0.5) is 5.82 Å². The molecule has 3 rings (SSSR count). The van der Waals surface area contributed by atoms with E-state index in [1.807, 2.05) is 7.05 Å². The van der Waals surface area contributed by atoms with Gasteiger partial charge < -0.3 is 10.1 Å². The molecule has 1 fully saturated rings. The molecule has 108 valence electrons. The van der Waals surface area contributed by atoms with Gasteiger partial charge in [-0.05, 0) is 24.8 Å². The number of nitrogens with one attached hydrogen (secondary N) is 1. The van der Waals surface area contributed by atoms with Gasteiger partial charge in [0.15, 0.2) is 0 Å². The number of rotatable bonds is 3. The van der Waals surface area contributed by atoms with E-state index in [0.717, 1.165) is 54.5 Å². The van der Waals surface area contributed by atoms with Crippen LogP contribution in [0.15, 0.2) is 11.4 Å². The van der Waals surface area contributed by atoms with Crippen LogP contribution in [0.1, 0.15) is 19.2 Å². The minimum Gasteiger partial charge on any atom is -0.377 e. The second-order valence-corrected chi connectivity index (χ2v) is 6.04. The van der Waals surface area contributed by atoms with Gasteiger partial charge in [-0.3, -0.25) is 4.90 Å². The SMILES string of the molecule is CNc1nc(CN2CCCOC(C)C2)nc2sccc12. The van der Waals surface area contributed by atoms with Crippen LogP contribution >= 0.6 is 11.3 Å². The third-order valence-corrected chi connectivity index (χ3v) is 4.32. The standard InChI is InChI=1S/C14H20N4OS/c1-10-8-18(5-3-6-19-10)9-12-16-13(15-2)11-4-7-20-14(11)17-12/h4,7,10H,3,5-6,8-9H2,1-2H3,(H,15,16,17). The number of fused-ring (bicyclic) bond motifs is 1. The molecule has 1 aliphatic heterocycles. The third kappa shape index (κ3) is 2.92. The van der Waals surface area contributed by atoms with Crippen LogP contribution in [0.3, 0.4) is 0 Å². The van der Waals surface area contributed by atoms with Crippen LogP contribution in [0.25, 0.3) is 10.2 Å². The summed E-state index contributed by atoms with van der Waals surface area (Å²) in [5, 5.41) is 6.33. The topological polar surface area (TPSA) is 50.3 Å². The molecule has 0 aromatic carbocycles. The van der Waals surface area contributed by atoms with E-state index in [9.17, 15) is 0 Å². The van der Waals surface area contributed by atoms with Gasteiger partial charge in [-0.15, -0.1) is 11.3 Å². The summed E-state index contributed by atoms with van der Waals surface area (Å²) in [6, 6.07) is 2.07. The Bertz CT molecular complexity index is 586. The first-order valence-electron chi connectivity index (χ1n) is 7.02. The van der Waals surface area contributed by atoms with Crippen molar-refractivity contribution >= 4 is 27.4 Å². The van der Waals surface area contributed by atoms with E-state index in [4.69, 9.17) is 4.74 Å². The maximum atomic E-state index is 5.68. The summed E-state index contributed by atoms with van der Waals surface area (Å²) in [5.41, 5.74) is 0. The molecule has 2 aromatic heterocycles. The molecule has 0 bridgehead atoms. The summed E-state index contributed by atoms with van der Waals surface area (Å²) < 4.78 is 5.68. The minimum atomic E-state index is 0.284. The summed E-state index contributed by atoms with van der Waals surface area (Å²) in [5.74, 6) is 1.81. The zero-order chi connectivity index (χ0) is 13.9. The average Bonchev–Trinajstić information content (AvgIpc) is 2.81. The highest BCUT2D eigenvalue weighted by atomic mass is 32.1. The monoisotopic (exact) mass is 292 g/mol. The number of nitrogens with zero attached hydrogens (tertiary/aromatic N) is 3. The summed E-state index contributed by atoms with van der Waals surface area (Å²) in [4.78, 5) is 12.8. The van der Waals surface area contributed by atoms with E-state index in [1.165, 1.54) is 0 Å². The minimum absolute atomic E-state index is 0.284. The molecule has 6 heteroatoms. The van der Waals surface area contributed by atoms with Crippen molar-refractivity contribution in [2.45, 2.75) is 26.0 Å². The van der Waals surface area contributed by atoms with Gasteiger partial charge in [0.05, 0.1) is 18.0 Å². The molecule has 3 heterocycles. The number of thiophene rings is 1. The van der Waals surface area contributed by atoms with Gasteiger partial charge in [0.25, 0.3) is 0 Å². The predicted molar refractivity (Wildman–Crippen MR) is 82.3 cm³/mol. The molecule has 0 radical (unpaired) electrons. The molecule has 0 aliphatic carbocycles. The highest BCUT2D eigenvalue weighted by Crippen LogP contribution is 2.25. The first-order valence-corrected chi connectivity index (χ1v) is 7.90. The fraction of sp³-hybridized carbons (Fsp3) is 0.571. The first-order chi connectivity index (χ1) is 9.76. The Morgan fingerprint density at radius 3 is 3.25 bits per heavy atom. The summed E-state index contributed by atoms with van der Waals surface area (Å²) in [6.45, 7) is 5.76. The maximum absolute atomic E-state index is 5.68. The zero-order valence-electron chi connectivity index (χ0n) is 11.9. The van der Waals surface area contributed by atoms with E-state index in [2.05, 4.69) is 38.6 Å². The van der Waals surface area contributed by atoms with E-state index in [-0.39, 0.29) is 6.10 Å². The second-order valence-electron chi connectivity index (χ2n) is 5.15. The van der Waals surface area contributed by atoms with Crippen LogP contribution < -0.4 is 5.32 Å². The van der Waals surface area contributed by atoms with Crippen molar-refractivity contribution in [3.05, 3.63) is 17.3 Å². The molecule has 0 saturated carbocycles. The van der Waals surface area contributed by atoms with Crippen molar-refractivity contribution in [2.24, 2.45) is 0 Å². The second kappa shape index (κ2) is 6.03. The third-order valence-electron chi connectivity index (χ3n) is 3.51. The van der Waals surface area contributed by atoms with Crippen LogP contribution in [0.5, 0.6) is 0 Å². The predicted octanol–water partition coefficient (Wildman–Crippen LogP) is 2.34. The van der Waals surface area contributed by atoms with Crippen LogP contribution in [-0.2, 0) is 11.3 Å². The van der Waals surface area contributed by atoms with Crippen molar-refractivity contribution in [1.82, 2.24) is 14.9 Å². The van der Waals surface area contributed by atoms with Gasteiger partial charge in [-0.2, -0.15) is 0 Å². The van der Waals surface area contributed by atoms with Gasteiger partial charge in [0.2, 0.25) is 0 Å². The first kappa shape index (κ1) is 13.7. The fourth-order valence-electron chi connectivity index (χ4n) is 2.58. The summed E-state index contributed by atoms with van der Waals surface area (Å²) in [6.07, 6.45) is 1.36. The molecule has 1 saturated heterocycles. The van der Waals surface area contributed by atoms with Crippen LogP contribution in [0.2, 0.25) is 0 Å². The molecule has 1 atom stereocenters. The smallest absolute Gasteiger partial charge is 0.146 e. The van der Waals surface area contributed by atoms with Crippen LogP contribution in [0, 0.1) is 0 Å². The normalized spacial score (nSPS) is 21.0. The molecule has 2 aromatic rings. The number of anilines is 1. The van der Waals surface area contributed by atoms with E-state index in [1.54, 1.807) is 11.3 Å². The number of aromatic nitrogens is 2. The van der Waals surface area contributed by atoms with Crippen molar-refractivity contribution in [3.63, 3.8) is 0 Å². The maximum Gasteiger partial charge on any atom is 0.146 e. The van der Waals surface area contributed by atoms with Gasteiger partial charge in [0.1, 0.15) is 16.5 Å². The largest absolute Gasteiger partial charge is 0.377 e. The Hall–Kier alpha value is -1.24. The Kier molecular flexibility index (Phi) is 4.14. The van der Waals surface area contributed by atoms with Gasteiger partial charge in [-0.1, -0.05) is 0 Å². The molecular formula is C14H20N4OS. The molecular weight excluding hydrogens is 272 g/mol. The van der Waals surface area contributed by atoms with Crippen LogP contribution in [-0.4, -0.2) is 47.7 Å². The van der Waals surface area contributed by atoms with Gasteiger partial charge >= 0.3 is 0 Å². The summed E-state index contributed by atoms with van der Waals surface area (Å²) in [7, 11) is 1.91. The summed E-state index contributed by atoms with van der Waals surface area (Å²) >= 11 is 1.66. The number of hydrogen-bond acceptors (Lipinski definition) is 6.